The average Bonchev–Trinajstić information content (AvgIpc) is 2.30. The number of carbonyl (C=O) groups excluding carboxylic acids is 1. The van der Waals surface area contributed by atoms with Gasteiger partial charge in [-0.3, -0.25) is 9.78 Å². The molecule has 0 amide bonds. The first-order valence-corrected chi connectivity index (χ1v) is 5.77. The van der Waals surface area contributed by atoms with Crippen LogP contribution in [0.25, 0.3) is 0 Å². The highest BCUT2D eigenvalue weighted by atomic mass is 16.5. The zero-order valence-corrected chi connectivity index (χ0v) is 10.6. The summed E-state index contributed by atoms with van der Waals surface area (Å²) >= 11 is 0. The molecule has 94 valence electrons. The molecular weight excluding hydrogens is 218 g/mol. The number of hydrogen-bond acceptors (Lipinski definition) is 4. The number of ether oxygens (including phenoxy) is 2. The molecule has 1 unspecified atom stereocenters. The van der Waals surface area contributed by atoms with E-state index >= 15 is 0 Å². The quantitative estimate of drug-likeness (QED) is 0.683. The summed E-state index contributed by atoms with van der Waals surface area (Å²) < 4.78 is 10.3. The van der Waals surface area contributed by atoms with Crippen LogP contribution in [0.4, 0.5) is 0 Å². The fourth-order valence-electron chi connectivity index (χ4n) is 1.59. The van der Waals surface area contributed by atoms with E-state index in [9.17, 15) is 4.79 Å². The molecule has 0 spiro atoms. The lowest BCUT2D eigenvalue weighted by Gasteiger charge is -2.09. The fraction of sp³-hybridized carbons (Fsp3) is 0.538. The van der Waals surface area contributed by atoms with Gasteiger partial charge in [-0.15, -0.1) is 0 Å². The number of rotatable bonds is 7. The summed E-state index contributed by atoms with van der Waals surface area (Å²) in [6.07, 6.45) is 3.65. The molecule has 0 saturated carbocycles. The van der Waals surface area contributed by atoms with Crippen LogP contribution in [0.2, 0.25) is 0 Å². The summed E-state index contributed by atoms with van der Waals surface area (Å²) in [4.78, 5) is 15.9. The molecule has 1 aromatic rings. The van der Waals surface area contributed by atoms with Gasteiger partial charge in [0.2, 0.25) is 0 Å². The lowest BCUT2D eigenvalue weighted by molar-refractivity contribution is 0.0919. The highest BCUT2D eigenvalue weighted by Gasteiger charge is 2.12. The third-order valence-electron chi connectivity index (χ3n) is 2.33. The first-order valence-electron chi connectivity index (χ1n) is 5.77. The van der Waals surface area contributed by atoms with Crippen molar-refractivity contribution in [2.24, 2.45) is 5.92 Å². The predicted octanol–water partition coefficient (Wildman–Crippen LogP) is 2.34. The van der Waals surface area contributed by atoms with Gasteiger partial charge in [-0.05, 0) is 18.9 Å². The molecule has 0 aliphatic heterocycles. The maximum atomic E-state index is 11.9. The Morgan fingerprint density at radius 2 is 2.24 bits per heavy atom. The van der Waals surface area contributed by atoms with Crippen LogP contribution in [-0.2, 0) is 4.74 Å². The number of nitrogens with zero attached hydrogens (tertiary/aromatic N) is 1. The van der Waals surface area contributed by atoms with E-state index < -0.39 is 0 Å². The summed E-state index contributed by atoms with van der Waals surface area (Å²) in [5.74, 6) is 0.921. The number of methoxy groups -OCH3 is 1. The summed E-state index contributed by atoms with van der Waals surface area (Å²) in [5, 5.41) is 0. The molecular formula is C13H19NO3. The van der Waals surface area contributed by atoms with E-state index in [-0.39, 0.29) is 11.7 Å². The lowest BCUT2D eigenvalue weighted by Crippen LogP contribution is -2.11. The topological polar surface area (TPSA) is 48.4 Å². The molecule has 4 heteroatoms. The van der Waals surface area contributed by atoms with Gasteiger partial charge in [0.15, 0.2) is 5.78 Å². The van der Waals surface area contributed by atoms with Crippen molar-refractivity contribution in [2.45, 2.75) is 20.3 Å². The van der Waals surface area contributed by atoms with Crippen molar-refractivity contribution in [3.05, 3.63) is 24.0 Å². The Balaban J connectivity index is 2.65. The normalized spacial score (nSPS) is 12.2. The van der Waals surface area contributed by atoms with Gasteiger partial charge >= 0.3 is 0 Å². The van der Waals surface area contributed by atoms with E-state index in [1.807, 2.05) is 13.8 Å². The zero-order chi connectivity index (χ0) is 12.7. The number of pyridine rings is 1. The van der Waals surface area contributed by atoms with Crippen LogP contribution in [-0.4, -0.2) is 31.1 Å². The van der Waals surface area contributed by atoms with Gasteiger partial charge in [0, 0.05) is 31.9 Å². The highest BCUT2D eigenvalue weighted by Crippen LogP contribution is 2.15. The minimum atomic E-state index is 0.0728. The summed E-state index contributed by atoms with van der Waals surface area (Å²) in [6, 6.07) is 1.73. The van der Waals surface area contributed by atoms with Gasteiger partial charge in [-0.2, -0.15) is 0 Å². The second-order valence-corrected chi connectivity index (χ2v) is 4.03. The van der Waals surface area contributed by atoms with Crippen molar-refractivity contribution >= 4 is 5.78 Å². The average molecular weight is 237 g/mol. The summed E-state index contributed by atoms with van der Waals surface area (Å²) in [7, 11) is 1.64. The second kappa shape index (κ2) is 7.01. The van der Waals surface area contributed by atoms with E-state index in [0.29, 0.717) is 30.9 Å². The van der Waals surface area contributed by atoms with Crippen LogP contribution in [0.3, 0.4) is 0 Å². The second-order valence-electron chi connectivity index (χ2n) is 4.03. The van der Waals surface area contributed by atoms with Gasteiger partial charge in [0.05, 0.1) is 12.8 Å². The first-order chi connectivity index (χ1) is 8.17. The molecule has 0 saturated heterocycles. The zero-order valence-electron chi connectivity index (χ0n) is 10.6. The SMILES string of the molecule is CCOc1cncc(C(=O)CC(C)COC)c1. The molecule has 1 aromatic heterocycles. The molecule has 17 heavy (non-hydrogen) atoms. The van der Waals surface area contributed by atoms with Crippen molar-refractivity contribution in [3.63, 3.8) is 0 Å². The van der Waals surface area contributed by atoms with E-state index in [2.05, 4.69) is 4.98 Å². The molecule has 0 radical (unpaired) electrons. The van der Waals surface area contributed by atoms with Gasteiger partial charge < -0.3 is 9.47 Å². The fourth-order valence-corrected chi connectivity index (χ4v) is 1.59. The van der Waals surface area contributed by atoms with Crippen molar-refractivity contribution in [1.29, 1.82) is 0 Å². The van der Waals surface area contributed by atoms with Crippen LogP contribution in [0.15, 0.2) is 18.5 Å². The standard InChI is InChI=1S/C13H19NO3/c1-4-17-12-6-11(7-14-8-12)13(15)5-10(2)9-16-3/h6-8,10H,4-5,9H2,1-3H3. The minimum absolute atomic E-state index is 0.0728. The molecule has 0 aliphatic carbocycles. The molecule has 1 atom stereocenters. The lowest BCUT2D eigenvalue weighted by atomic mass is 10.0. The van der Waals surface area contributed by atoms with Crippen molar-refractivity contribution in [1.82, 2.24) is 4.98 Å². The van der Waals surface area contributed by atoms with E-state index in [4.69, 9.17) is 9.47 Å². The number of Topliss-reactive ketones (excluding diaryl/α,β-unsaturated/α-hetero) is 1. The largest absolute Gasteiger partial charge is 0.492 e. The Morgan fingerprint density at radius 3 is 2.88 bits per heavy atom. The molecule has 0 aliphatic rings. The number of aromatic nitrogens is 1. The maximum Gasteiger partial charge on any atom is 0.164 e. The van der Waals surface area contributed by atoms with Crippen LogP contribution >= 0.6 is 0 Å². The molecule has 0 bridgehead atoms. The third kappa shape index (κ3) is 4.53. The smallest absolute Gasteiger partial charge is 0.164 e. The number of hydrogen-bond donors (Lipinski definition) is 0. The van der Waals surface area contributed by atoms with Crippen LogP contribution in [0.1, 0.15) is 30.6 Å². The molecule has 0 N–H and O–H groups in total. The van der Waals surface area contributed by atoms with Crippen LogP contribution in [0, 0.1) is 5.92 Å². The Hall–Kier alpha value is -1.42. The Morgan fingerprint density at radius 1 is 1.47 bits per heavy atom. The molecule has 4 nitrogen and oxygen atoms in total. The summed E-state index contributed by atoms with van der Waals surface area (Å²) in [5.41, 5.74) is 0.596. The van der Waals surface area contributed by atoms with E-state index in [1.165, 1.54) is 0 Å². The highest BCUT2D eigenvalue weighted by molar-refractivity contribution is 5.96. The molecule has 1 heterocycles. The van der Waals surface area contributed by atoms with Crippen LogP contribution < -0.4 is 4.74 Å². The van der Waals surface area contributed by atoms with Gasteiger partial charge in [-0.25, -0.2) is 0 Å². The first kappa shape index (κ1) is 13.6. The minimum Gasteiger partial charge on any atom is -0.492 e. The molecule has 1 rings (SSSR count). The molecule has 0 fully saturated rings. The van der Waals surface area contributed by atoms with Gasteiger partial charge in [0.25, 0.3) is 0 Å². The van der Waals surface area contributed by atoms with Crippen molar-refractivity contribution in [2.75, 3.05) is 20.3 Å². The van der Waals surface area contributed by atoms with Crippen molar-refractivity contribution < 1.29 is 14.3 Å². The molecule has 0 aromatic carbocycles. The van der Waals surface area contributed by atoms with E-state index in [1.54, 1.807) is 25.6 Å². The Bertz CT molecular complexity index is 365. The Kier molecular flexibility index (Phi) is 5.63. The van der Waals surface area contributed by atoms with Gasteiger partial charge in [-0.1, -0.05) is 6.92 Å². The van der Waals surface area contributed by atoms with Gasteiger partial charge in [0.1, 0.15) is 5.75 Å². The third-order valence-corrected chi connectivity index (χ3v) is 2.33. The Labute approximate surface area is 102 Å². The van der Waals surface area contributed by atoms with Crippen LogP contribution in [0.5, 0.6) is 5.75 Å². The monoisotopic (exact) mass is 237 g/mol. The van der Waals surface area contributed by atoms with Crippen molar-refractivity contribution in [3.8, 4) is 5.75 Å². The summed E-state index contributed by atoms with van der Waals surface area (Å²) in [6.45, 7) is 5.04. The maximum absolute atomic E-state index is 11.9. The predicted molar refractivity (Wildman–Crippen MR) is 65.4 cm³/mol. The number of carbonyl (C=O) groups is 1. The van der Waals surface area contributed by atoms with E-state index in [0.717, 1.165) is 0 Å². The number of ketones is 1.